The maximum atomic E-state index is 12.6. The lowest BCUT2D eigenvalue weighted by atomic mass is 10.0. The van der Waals surface area contributed by atoms with Crippen molar-refractivity contribution in [2.24, 2.45) is 0 Å². The fraction of sp³-hybridized carbons (Fsp3) is 0.217. The largest absolute Gasteiger partial charge is 0.441 e. The minimum atomic E-state index is -1.57. The van der Waals surface area contributed by atoms with Gasteiger partial charge in [0.1, 0.15) is 5.76 Å². The van der Waals surface area contributed by atoms with Gasteiger partial charge in [0.05, 0.1) is 12.3 Å². The van der Waals surface area contributed by atoms with Crippen LogP contribution in [0.5, 0.6) is 0 Å². The van der Waals surface area contributed by atoms with Crippen LogP contribution in [-0.4, -0.2) is 27.1 Å². The number of ketones is 1. The number of aromatic nitrogens is 1. The molecule has 1 N–H and O–H groups in total. The lowest BCUT2D eigenvalue weighted by Gasteiger charge is -2.06. The number of rotatable bonds is 7. The van der Waals surface area contributed by atoms with Crippen molar-refractivity contribution in [3.8, 4) is 11.5 Å². The Hall–Kier alpha value is -3.19. The van der Waals surface area contributed by atoms with Gasteiger partial charge in [-0.1, -0.05) is 54.2 Å². The van der Waals surface area contributed by atoms with E-state index in [0.29, 0.717) is 41.0 Å². The molecule has 2 amide bonds. The number of thioether (sulfide) groups is 1. The van der Waals surface area contributed by atoms with Gasteiger partial charge in [0.2, 0.25) is 11.8 Å². The second kappa shape index (κ2) is 8.67. The number of benzene rings is 2. The Kier molecular flexibility index (Phi) is 5.44. The molecule has 1 aromatic heterocycles. The van der Waals surface area contributed by atoms with Crippen LogP contribution in [0.2, 0.25) is 0 Å². The average molecular weight is 421 g/mol. The van der Waals surface area contributed by atoms with Crippen molar-refractivity contribution >= 4 is 28.7 Å². The Morgan fingerprint density at radius 1 is 1.17 bits per heavy atom. The van der Waals surface area contributed by atoms with E-state index in [1.165, 1.54) is 0 Å². The molecule has 0 saturated carbocycles. The summed E-state index contributed by atoms with van der Waals surface area (Å²) in [7, 11) is 0. The van der Waals surface area contributed by atoms with Crippen LogP contribution in [0.25, 0.3) is 11.5 Å². The van der Waals surface area contributed by atoms with Crippen LogP contribution in [0, 0.1) is 6.92 Å². The molecule has 0 unspecified atom stereocenters. The van der Waals surface area contributed by atoms with Gasteiger partial charge in [0, 0.05) is 24.0 Å². The monoisotopic (exact) mass is 421 g/mol. The van der Waals surface area contributed by atoms with Gasteiger partial charge in [-0.25, -0.2) is 4.98 Å². The summed E-state index contributed by atoms with van der Waals surface area (Å²) in [6.45, 7) is 1.84. The predicted molar refractivity (Wildman–Crippen MR) is 114 cm³/mol. The first-order valence-electron chi connectivity index (χ1n) is 10.0. The van der Waals surface area contributed by atoms with Crippen molar-refractivity contribution in [2.45, 2.75) is 31.4 Å². The molecule has 1 fully saturated rings. The molecule has 152 valence electrons. The zero-order valence-corrected chi connectivity index (χ0v) is 17.1. The summed E-state index contributed by atoms with van der Waals surface area (Å²) >= 11 is 0.673. The smallest absolute Gasteiger partial charge is 0.286 e. The summed E-state index contributed by atoms with van der Waals surface area (Å²) in [6.07, 6.45) is 0.845. The van der Waals surface area contributed by atoms with Gasteiger partial charge in [0.25, 0.3) is 5.24 Å². The van der Waals surface area contributed by atoms with Gasteiger partial charge < -0.3 is 4.42 Å². The molecule has 3 aromatic rings. The van der Waals surface area contributed by atoms with E-state index in [1.807, 2.05) is 37.3 Å². The molecular formula is C23H20N2O4S. The fourth-order valence-corrected chi connectivity index (χ4v) is 3.95. The van der Waals surface area contributed by atoms with Gasteiger partial charge in [-0.3, -0.25) is 19.7 Å². The second-order valence-electron chi connectivity index (χ2n) is 6.95. The van der Waals surface area contributed by atoms with E-state index < -0.39 is 16.4 Å². The van der Waals surface area contributed by atoms with Gasteiger partial charge in [-0.05, 0) is 31.0 Å². The minimum Gasteiger partial charge on any atom is -0.441 e. The van der Waals surface area contributed by atoms with Gasteiger partial charge >= 0.3 is 0 Å². The van der Waals surface area contributed by atoms with Crippen LogP contribution < -0.4 is 5.32 Å². The van der Waals surface area contributed by atoms with E-state index in [0.717, 1.165) is 11.3 Å². The molecule has 0 aliphatic carbocycles. The van der Waals surface area contributed by atoms with Crippen molar-refractivity contribution < 1.29 is 20.2 Å². The molecule has 1 saturated heterocycles. The zero-order valence-electron chi connectivity index (χ0n) is 17.3. The lowest BCUT2D eigenvalue weighted by Crippen LogP contribution is -2.25. The Morgan fingerprint density at radius 3 is 2.57 bits per heavy atom. The van der Waals surface area contributed by atoms with E-state index in [2.05, 4.69) is 10.3 Å². The Bertz CT molecular complexity index is 1140. The third-order valence-electron chi connectivity index (χ3n) is 4.83. The Balaban J connectivity index is 1.38. The molecule has 1 aliphatic rings. The summed E-state index contributed by atoms with van der Waals surface area (Å²) in [5.41, 5.74) is 2.91. The predicted octanol–water partition coefficient (Wildman–Crippen LogP) is 4.36. The van der Waals surface area contributed by atoms with E-state index in [9.17, 15) is 14.4 Å². The number of hydrogen-bond donors (Lipinski definition) is 1. The third kappa shape index (κ3) is 4.52. The maximum absolute atomic E-state index is 12.6. The highest BCUT2D eigenvalue weighted by molar-refractivity contribution is 8.15. The number of Topliss-reactive ketones (excluding diaryl/α,β-unsaturated/α-hetero) is 1. The maximum Gasteiger partial charge on any atom is 0.286 e. The Labute approximate surface area is 179 Å². The summed E-state index contributed by atoms with van der Waals surface area (Å²) in [4.78, 5) is 40.3. The molecule has 7 heteroatoms. The molecule has 0 spiro atoms. The van der Waals surface area contributed by atoms with E-state index in [1.54, 1.807) is 24.3 Å². The molecular weight excluding hydrogens is 400 g/mol. The van der Waals surface area contributed by atoms with Crippen molar-refractivity contribution in [3.63, 3.8) is 0 Å². The fourth-order valence-electron chi connectivity index (χ4n) is 3.20. The molecule has 0 radical (unpaired) electrons. The van der Waals surface area contributed by atoms with Gasteiger partial charge in [-0.2, -0.15) is 0 Å². The SMILES string of the molecule is [2H][C@@]1(Cc2ccc(C(=O)CCc3nc(-c4ccccc4)oc3C)cc2)SC(=O)NC1=O. The molecule has 2 heterocycles. The minimum absolute atomic E-state index is 0.0287. The number of hydrogen-bond acceptors (Lipinski definition) is 6. The van der Waals surface area contributed by atoms with Crippen LogP contribution in [-0.2, 0) is 17.6 Å². The third-order valence-corrected chi connectivity index (χ3v) is 5.69. The van der Waals surface area contributed by atoms with Crippen LogP contribution in [0.15, 0.2) is 59.0 Å². The first kappa shape index (κ1) is 18.8. The highest BCUT2D eigenvalue weighted by atomic mass is 32.2. The van der Waals surface area contributed by atoms with Crippen molar-refractivity contribution in [1.29, 1.82) is 0 Å². The molecule has 0 bridgehead atoms. The van der Waals surface area contributed by atoms with Gasteiger partial charge in [-0.15, -0.1) is 0 Å². The average Bonchev–Trinajstić information content (AvgIpc) is 3.25. The van der Waals surface area contributed by atoms with Crippen molar-refractivity contribution in [3.05, 3.63) is 77.2 Å². The molecule has 2 aromatic carbocycles. The number of aryl methyl sites for hydroxylation is 2. The number of oxazole rings is 1. The molecule has 30 heavy (non-hydrogen) atoms. The second-order valence-corrected chi connectivity index (χ2v) is 8.02. The standard InChI is InChI=1S/C23H20N2O4S/c1-14-18(24-22(29-14)17-5-3-2-4-6-17)11-12-19(26)16-9-7-15(8-10-16)13-20-21(27)25-23(28)30-20/h2-10,20H,11-13H2,1H3,(H,25,27,28)/t20-/m0/s1/i20D. The number of carbonyl (C=O) groups is 3. The first-order valence-corrected chi connectivity index (χ1v) is 10.3. The normalized spacial score (nSPS) is 18.9. The summed E-state index contributed by atoms with van der Waals surface area (Å²) in [5, 5.41) is 0.0612. The highest BCUT2D eigenvalue weighted by Crippen LogP contribution is 2.24. The van der Waals surface area contributed by atoms with E-state index in [4.69, 9.17) is 5.79 Å². The quantitative estimate of drug-likeness (QED) is 0.570. The summed E-state index contributed by atoms with van der Waals surface area (Å²) in [5.74, 6) is 0.602. The van der Waals surface area contributed by atoms with Gasteiger partial charge in [0.15, 0.2) is 5.78 Å². The summed E-state index contributed by atoms with van der Waals surface area (Å²) < 4.78 is 13.9. The molecule has 6 nitrogen and oxygen atoms in total. The molecule has 1 atom stereocenters. The number of amides is 2. The summed E-state index contributed by atoms with van der Waals surface area (Å²) in [6, 6.07) is 16.4. The Morgan fingerprint density at radius 2 is 1.90 bits per heavy atom. The number of nitrogens with one attached hydrogen (secondary N) is 1. The highest BCUT2D eigenvalue weighted by Gasteiger charge is 2.31. The van der Waals surface area contributed by atoms with Crippen LogP contribution in [0.3, 0.4) is 0 Å². The van der Waals surface area contributed by atoms with Crippen LogP contribution in [0.1, 0.15) is 35.2 Å². The number of nitrogens with zero attached hydrogens (tertiary/aromatic N) is 1. The topological polar surface area (TPSA) is 89.3 Å². The van der Waals surface area contributed by atoms with Crippen molar-refractivity contribution in [2.75, 3.05) is 0 Å². The van der Waals surface area contributed by atoms with Crippen LogP contribution >= 0.6 is 11.8 Å². The van der Waals surface area contributed by atoms with Crippen molar-refractivity contribution in [1.82, 2.24) is 10.3 Å². The number of carbonyl (C=O) groups excluding carboxylic acids is 3. The molecule has 1 aliphatic heterocycles. The zero-order chi connectivity index (χ0) is 22.0. The molecule has 4 rings (SSSR count). The van der Waals surface area contributed by atoms with E-state index in [-0.39, 0.29) is 18.6 Å². The first-order chi connectivity index (χ1) is 14.8. The number of imide groups is 1. The van der Waals surface area contributed by atoms with Crippen LogP contribution in [0.4, 0.5) is 4.79 Å². The lowest BCUT2D eigenvalue weighted by molar-refractivity contribution is -0.118. The van der Waals surface area contributed by atoms with E-state index >= 15 is 0 Å².